The van der Waals surface area contributed by atoms with Gasteiger partial charge in [-0.05, 0) is 36.8 Å². The van der Waals surface area contributed by atoms with E-state index in [0.29, 0.717) is 18.4 Å². The number of pyridine rings is 1. The van der Waals surface area contributed by atoms with Crippen molar-refractivity contribution in [2.45, 2.75) is 45.6 Å². The van der Waals surface area contributed by atoms with Crippen molar-refractivity contribution in [1.82, 2.24) is 4.98 Å². The van der Waals surface area contributed by atoms with E-state index in [0.717, 1.165) is 17.7 Å². The van der Waals surface area contributed by atoms with E-state index in [1.807, 2.05) is 13.1 Å². The summed E-state index contributed by atoms with van der Waals surface area (Å²) in [6, 6.07) is 2.06. The lowest BCUT2D eigenvalue weighted by atomic mass is 9.66. The van der Waals surface area contributed by atoms with E-state index in [-0.39, 0.29) is 5.54 Å². The Morgan fingerprint density at radius 1 is 1.44 bits per heavy atom. The van der Waals surface area contributed by atoms with Gasteiger partial charge in [-0.2, -0.15) is 0 Å². The highest BCUT2D eigenvalue weighted by molar-refractivity contribution is 5.30. The van der Waals surface area contributed by atoms with Crippen molar-refractivity contribution in [2.24, 2.45) is 17.6 Å². The first-order valence-electron chi connectivity index (χ1n) is 6.95. The molecule has 2 N–H and O–H groups in total. The molecule has 1 aromatic rings. The van der Waals surface area contributed by atoms with Gasteiger partial charge in [0.1, 0.15) is 5.75 Å². The number of ether oxygens (including phenoxy) is 1. The summed E-state index contributed by atoms with van der Waals surface area (Å²) in [5.41, 5.74) is 7.55. The van der Waals surface area contributed by atoms with E-state index in [1.165, 1.54) is 12.8 Å². The lowest BCUT2D eigenvalue weighted by Crippen LogP contribution is -2.48. The molecule has 0 aliphatic heterocycles. The van der Waals surface area contributed by atoms with E-state index < -0.39 is 0 Å². The second kappa shape index (κ2) is 5.27. The maximum atomic E-state index is 6.68. The van der Waals surface area contributed by atoms with Crippen molar-refractivity contribution in [3.63, 3.8) is 0 Å². The first-order valence-corrected chi connectivity index (χ1v) is 6.95. The Morgan fingerprint density at radius 3 is 2.94 bits per heavy atom. The third-order valence-corrected chi connectivity index (χ3v) is 4.48. The summed E-state index contributed by atoms with van der Waals surface area (Å²) < 4.78 is 5.53. The summed E-state index contributed by atoms with van der Waals surface area (Å²) >= 11 is 0. The van der Waals surface area contributed by atoms with Gasteiger partial charge in [-0.3, -0.25) is 4.98 Å². The first-order chi connectivity index (χ1) is 8.58. The average Bonchev–Trinajstić information content (AvgIpc) is 2.37. The van der Waals surface area contributed by atoms with E-state index in [1.54, 1.807) is 6.20 Å². The molecule has 1 aromatic heterocycles. The molecule has 0 saturated heterocycles. The van der Waals surface area contributed by atoms with Gasteiger partial charge in [-0.15, -0.1) is 0 Å². The van der Waals surface area contributed by atoms with Crippen LogP contribution >= 0.6 is 0 Å². The fraction of sp³-hybridized carbons (Fsp3) is 0.667. The zero-order valence-electron chi connectivity index (χ0n) is 11.6. The van der Waals surface area contributed by atoms with Crippen molar-refractivity contribution >= 4 is 0 Å². The number of aromatic nitrogens is 1. The maximum Gasteiger partial charge on any atom is 0.137 e. The summed E-state index contributed by atoms with van der Waals surface area (Å²) in [6.45, 7) is 7.20. The van der Waals surface area contributed by atoms with Crippen LogP contribution in [0.2, 0.25) is 0 Å². The van der Waals surface area contributed by atoms with Crippen LogP contribution in [0.5, 0.6) is 5.75 Å². The normalized spacial score (nSPS) is 32.2. The van der Waals surface area contributed by atoms with Crippen molar-refractivity contribution < 1.29 is 4.74 Å². The first kappa shape index (κ1) is 13.3. The van der Waals surface area contributed by atoms with Crippen LogP contribution in [-0.4, -0.2) is 11.6 Å². The molecular weight excluding hydrogens is 224 g/mol. The molecule has 1 aliphatic rings. The zero-order chi connectivity index (χ0) is 13.2. The molecule has 2 rings (SSSR count). The molecule has 0 bridgehead atoms. The number of nitrogens with zero attached hydrogens (tertiary/aromatic N) is 1. The van der Waals surface area contributed by atoms with Crippen molar-refractivity contribution in [1.29, 1.82) is 0 Å². The molecule has 0 spiro atoms. The van der Waals surface area contributed by atoms with Crippen molar-refractivity contribution in [3.8, 4) is 5.75 Å². The Balaban J connectivity index is 2.30. The topological polar surface area (TPSA) is 48.1 Å². The zero-order valence-corrected chi connectivity index (χ0v) is 11.6. The Kier molecular flexibility index (Phi) is 3.91. The van der Waals surface area contributed by atoms with Crippen LogP contribution in [-0.2, 0) is 5.54 Å². The second-order valence-corrected chi connectivity index (χ2v) is 5.54. The number of nitrogens with two attached hydrogens (primary N) is 1. The van der Waals surface area contributed by atoms with Crippen LogP contribution in [0.15, 0.2) is 18.5 Å². The van der Waals surface area contributed by atoms with E-state index in [2.05, 4.69) is 24.9 Å². The predicted octanol–water partition coefficient (Wildman–Crippen LogP) is 3.09. The standard InChI is InChI=1S/C15H24N2O/c1-4-18-14-8-13(9-17-10-14)15(16)7-5-6-11(2)12(15)3/h8-12H,4-7,16H2,1-3H3. The molecule has 0 aromatic carbocycles. The maximum absolute atomic E-state index is 6.68. The van der Waals surface area contributed by atoms with Crippen molar-refractivity contribution in [3.05, 3.63) is 24.0 Å². The van der Waals surface area contributed by atoms with E-state index in [4.69, 9.17) is 10.5 Å². The molecule has 1 heterocycles. The fourth-order valence-corrected chi connectivity index (χ4v) is 3.03. The van der Waals surface area contributed by atoms with Gasteiger partial charge in [0.05, 0.1) is 12.8 Å². The quantitative estimate of drug-likeness (QED) is 0.894. The van der Waals surface area contributed by atoms with Gasteiger partial charge in [0.15, 0.2) is 0 Å². The summed E-state index contributed by atoms with van der Waals surface area (Å²) in [4.78, 5) is 4.28. The minimum Gasteiger partial charge on any atom is -0.492 e. The number of rotatable bonds is 3. The van der Waals surface area contributed by atoms with Gasteiger partial charge >= 0.3 is 0 Å². The van der Waals surface area contributed by atoms with E-state index >= 15 is 0 Å². The van der Waals surface area contributed by atoms with Gasteiger partial charge in [0, 0.05) is 11.7 Å². The molecule has 18 heavy (non-hydrogen) atoms. The summed E-state index contributed by atoms with van der Waals surface area (Å²) in [6.07, 6.45) is 7.17. The minimum atomic E-state index is -0.252. The molecule has 1 fully saturated rings. The SMILES string of the molecule is CCOc1cncc(C2(N)CCCC(C)C2C)c1. The third kappa shape index (κ3) is 2.37. The summed E-state index contributed by atoms with van der Waals surface area (Å²) in [5, 5.41) is 0. The fourth-order valence-electron chi connectivity index (χ4n) is 3.03. The minimum absolute atomic E-state index is 0.252. The monoisotopic (exact) mass is 248 g/mol. The van der Waals surface area contributed by atoms with Crippen molar-refractivity contribution in [2.75, 3.05) is 6.61 Å². The van der Waals surface area contributed by atoms with Gasteiger partial charge in [-0.25, -0.2) is 0 Å². The number of hydrogen-bond donors (Lipinski definition) is 1. The van der Waals surface area contributed by atoms with Gasteiger partial charge in [-0.1, -0.05) is 26.7 Å². The molecule has 3 heteroatoms. The molecular formula is C15H24N2O. The third-order valence-electron chi connectivity index (χ3n) is 4.48. The van der Waals surface area contributed by atoms with Crippen LogP contribution in [0.4, 0.5) is 0 Å². The summed E-state index contributed by atoms with van der Waals surface area (Å²) in [7, 11) is 0. The molecule has 1 aliphatic carbocycles. The predicted molar refractivity (Wildman–Crippen MR) is 73.5 cm³/mol. The molecule has 3 unspecified atom stereocenters. The van der Waals surface area contributed by atoms with Gasteiger partial charge < -0.3 is 10.5 Å². The molecule has 100 valence electrons. The van der Waals surface area contributed by atoms with Crippen LogP contribution < -0.4 is 10.5 Å². The Hall–Kier alpha value is -1.09. The van der Waals surface area contributed by atoms with Gasteiger partial charge in [0.25, 0.3) is 0 Å². The van der Waals surface area contributed by atoms with Gasteiger partial charge in [0.2, 0.25) is 0 Å². The number of hydrogen-bond acceptors (Lipinski definition) is 3. The lowest BCUT2D eigenvalue weighted by Gasteiger charge is -2.43. The molecule has 3 nitrogen and oxygen atoms in total. The molecule has 0 amide bonds. The highest BCUT2D eigenvalue weighted by Gasteiger charge is 2.39. The molecule has 3 atom stereocenters. The smallest absolute Gasteiger partial charge is 0.137 e. The van der Waals surface area contributed by atoms with Crippen LogP contribution in [0.3, 0.4) is 0 Å². The lowest BCUT2D eigenvalue weighted by molar-refractivity contribution is 0.143. The highest BCUT2D eigenvalue weighted by Crippen LogP contribution is 2.42. The average molecular weight is 248 g/mol. The Morgan fingerprint density at radius 2 is 2.22 bits per heavy atom. The molecule has 0 radical (unpaired) electrons. The Bertz CT molecular complexity index is 407. The van der Waals surface area contributed by atoms with E-state index in [9.17, 15) is 0 Å². The largest absolute Gasteiger partial charge is 0.492 e. The molecule has 1 saturated carbocycles. The Labute approximate surface area is 110 Å². The highest BCUT2D eigenvalue weighted by atomic mass is 16.5. The second-order valence-electron chi connectivity index (χ2n) is 5.54. The van der Waals surface area contributed by atoms with Crippen LogP contribution in [0, 0.1) is 11.8 Å². The summed E-state index contributed by atoms with van der Waals surface area (Å²) in [5.74, 6) is 1.97. The van der Waals surface area contributed by atoms with Crippen LogP contribution in [0.1, 0.15) is 45.6 Å². The van der Waals surface area contributed by atoms with Crippen LogP contribution in [0.25, 0.3) is 0 Å².